The van der Waals surface area contributed by atoms with Crippen molar-refractivity contribution in [2.24, 2.45) is 0 Å². The van der Waals surface area contributed by atoms with Gasteiger partial charge in [-0.05, 0) is 54.3 Å². The number of nitrogens with two attached hydrogens (primary N) is 1. The number of carbonyl (C=O) groups excluding carboxylic acids is 1. The summed E-state index contributed by atoms with van der Waals surface area (Å²) in [5.41, 5.74) is 11.7. The predicted octanol–water partition coefficient (Wildman–Crippen LogP) is 5.59. The van der Waals surface area contributed by atoms with E-state index in [0.29, 0.717) is 16.9 Å². The van der Waals surface area contributed by atoms with Gasteiger partial charge in [0.1, 0.15) is 0 Å². The monoisotopic (exact) mass is 404 g/mol. The minimum Gasteiger partial charge on any atom is -0.398 e. The molecule has 0 aliphatic carbocycles. The standard InChI is InChI=1S/C26H20N4O/c1-16-12-24(27)22-13-20(10-11-25(22)29-16)30-26(31)18-8-6-17(7-9-18)23-15-28-14-19-4-2-3-5-21(19)23/h2-15H,1H3,(H2,27,29)(H,30,31). The summed E-state index contributed by atoms with van der Waals surface area (Å²) in [4.78, 5) is 21.6. The summed E-state index contributed by atoms with van der Waals surface area (Å²) in [7, 11) is 0. The average Bonchev–Trinajstić information content (AvgIpc) is 2.79. The molecule has 5 nitrogen and oxygen atoms in total. The second-order valence-electron chi connectivity index (χ2n) is 7.52. The summed E-state index contributed by atoms with van der Waals surface area (Å²) in [6, 6.07) is 23.1. The lowest BCUT2D eigenvalue weighted by atomic mass is 10.00. The van der Waals surface area contributed by atoms with Gasteiger partial charge in [-0.25, -0.2) is 0 Å². The Morgan fingerprint density at radius 1 is 0.903 bits per heavy atom. The second kappa shape index (κ2) is 7.54. The fourth-order valence-corrected chi connectivity index (χ4v) is 3.82. The van der Waals surface area contributed by atoms with Crippen molar-refractivity contribution in [1.29, 1.82) is 0 Å². The Bertz CT molecular complexity index is 1440. The van der Waals surface area contributed by atoms with Gasteiger partial charge in [-0.15, -0.1) is 0 Å². The number of aromatic nitrogens is 2. The largest absolute Gasteiger partial charge is 0.398 e. The van der Waals surface area contributed by atoms with Crippen LogP contribution in [0.3, 0.4) is 0 Å². The lowest BCUT2D eigenvalue weighted by Gasteiger charge is -2.10. The number of benzene rings is 3. The molecule has 0 unspecified atom stereocenters. The lowest BCUT2D eigenvalue weighted by Crippen LogP contribution is -2.11. The van der Waals surface area contributed by atoms with E-state index in [9.17, 15) is 4.79 Å². The molecule has 1 amide bonds. The van der Waals surface area contributed by atoms with E-state index in [0.717, 1.165) is 38.5 Å². The van der Waals surface area contributed by atoms with E-state index in [1.54, 1.807) is 0 Å². The van der Waals surface area contributed by atoms with Crippen molar-refractivity contribution in [2.75, 3.05) is 11.1 Å². The van der Waals surface area contributed by atoms with Gasteiger partial charge in [-0.3, -0.25) is 14.8 Å². The Balaban J connectivity index is 1.41. The summed E-state index contributed by atoms with van der Waals surface area (Å²) in [5.74, 6) is -0.180. The van der Waals surface area contributed by atoms with Crippen LogP contribution in [0.25, 0.3) is 32.8 Å². The molecular formula is C26H20N4O. The van der Waals surface area contributed by atoms with E-state index in [1.165, 1.54) is 0 Å². The number of hydrogen-bond donors (Lipinski definition) is 2. The van der Waals surface area contributed by atoms with E-state index in [-0.39, 0.29) is 5.91 Å². The molecule has 0 atom stereocenters. The third kappa shape index (κ3) is 3.57. The van der Waals surface area contributed by atoms with Crippen LogP contribution in [0.15, 0.2) is 85.2 Å². The van der Waals surface area contributed by atoms with Gasteiger partial charge in [0.25, 0.3) is 5.91 Å². The van der Waals surface area contributed by atoms with Crippen molar-refractivity contribution in [3.63, 3.8) is 0 Å². The highest BCUT2D eigenvalue weighted by Crippen LogP contribution is 2.28. The van der Waals surface area contributed by atoms with Crippen LogP contribution in [0.5, 0.6) is 0 Å². The molecule has 5 aromatic rings. The predicted molar refractivity (Wildman–Crippen MR) is 126 cm³/mol. The molecule has 150 valence electrons. The third-order valence-electron chi connectivity index (χ3n) is 5.35. The van der Waals surface area contributed by atoms with Crippen molar-refractivity contribution < 1.29 is 4.79 Å². The zero-order valence-corrected chi connectivity index (χ0v) is 17.0. The quantitative estimate of drug-likeness (QED) is 0.410. The van der Waals surface area contributed by atoms with Gasteiger partial charge < -0.3 is 11.1 Å². The van der Waals surface area contributed by atoms with Crippen LogP contribution < -0.4 is 11.1 Å². The highest BCUT2D eigenvalue weighted by Gasteiger charge is 2.10. The molecule has 5 heteroatoms. The molecule has 0 bridgehead atoms. The molecule has 0 fully saturated rings. The summed E-state index contributed by atoms with van der Waals surface area (Å²) >= 11 is 0. The number of nitrogen functional groups attached to an aromatic ring is 1. The number of aryl methyl sites for hydroxylation is 1. The first-order valence-electron chi connectivity index (χ1n) is 10.00. The Hall–Kier alpha value is -4.25. The number of amides is 1. The third-order valence-corrected chi connectivity index (χ3v) is 5.35. The first kappa shape index (κ1) is 18.8. The van der Waals surface area contributed by atoms with E-state index < -0.39 is 0 Å². The molecule has 3 aromatic carbocycles. The van der Waals surface area contributed by atoms with Gasteiger partial charge in [-0.2, -0.15) is 0 Å². The SMILES string of the molecule is Cc1cc(N)c2cc(NC(=O)c3ccc(-c4cncc5ccccc45)cc3)ccc2n1. The number of rotatable bonds is 3. The van der Waals surface area contributed by atoms with Crippen LogP contribution in [0, 0.1) is 6.92 Å². The lowest BCUT2D eigenvalue weighted by molar-refractivity contribution is 0.102. The first-order chi connectivity index (χ1) is 15.1. The maximum absolute atomic E-state index is 12.8. The summed E-state index contributed by atoms with van der Waals surface area (Å²) < 4.78 is 0. The van der Waals surface area contributed by atoms with Crippen LogP contribution in [0.1, 0.15) is 16.1 Å². The first-order valence-corrected chi connectivity index (χ1v) is 10.00. The van der Waals surface area contributed by atoms with E-state index >= 15 is 0 Å². The van der Waals surface area contributed by atoms with Crippen LogP contribution >= 0.6 is 0 Å². The number of carbonyl (C=O) groups is 1. The van der Waals surface area contributed by atoms with Crippen LogP contribution in [-0.2, 0) is 0 Å². The zero-order chi connectivity index (χ0) is 21.4. The summed E-state index contributed by atoms with van der Waals surface area (Å²) in [5, 5.41) is 5.98. The van der Waals surface area contributed by atoms with Crippen LogP contribution in [-0.4, -0.2) is 15.9 Å². The number of anilines is 2. The average molecular weight is 404 g/mol. The van der Waals surface area contributed by atoms with Crippen molar-refractivity contribution in [3.05, 3.63) is 96.4 Å². The molecular weight excluding hydrogens is 384 g/mol. The van der Waals surface area contributed by atoms with Gasteiger partial charge in [0.05, 0.1) is 5.52 Å². The molecule has 31 heavy (non-hydrogen) atoms. The van der Waals surface area contributed by atoms with Crippen molar-refractivity contribution >= 4 is 39.0 Å². The number of nitrogens with one attached hydrogen (secondary N) is 1. The van der Waals surface area contributed by atoms with Crippen LogP contribution in [0.2, 0.25) is 0 Å². The van der Waals surface area contributed by atoms with Gasteiger partial charge >= 0.3 is 0 Å². The molecule has 5 rings (SSSR count). The molecule has 0 saturated heterocycles. The minimum atomic E-state index is -0.180. The summed E-state index contributed by atoms with van der Waals surface area (Å²) in [6.07, 6.45) is 3.71. The highest BCUT2D eigenvalue weighted by molar-refractivity contribution is 6.06. The van der Waals surface area contributed by atoms with Gasteiger partial charge in [-0.1, -0.05) is 36.4 Å². The van der Waals surface area contributed by atoms with Crippen molar-refractivity contribution in [2.45, 2.75) is 6.92 Å². The minimum absolute atomic E-state index is 0.180. The van der Waals surface area contributed by atoms with E-state index in [2.05, 4.69) is 21.4 Å². The number of pyridine rings is 2. The van der Waals surface area contributed by atoms with Crippen molar-refractivity contribution in [1.82, 2.24) is 9.97 Å². The topological polar surface area (TPSA) is 80.9 Å². The number of hydrogen-bond acceptors (Lipinski definition) is 4. The zero-order valence-electron chi connectivity index (χ0n) is 17.0. The number of fused-ring (bicyclic) bond motifs is 2. The fourth-order valence-electron chi connectivity index (χ4n) is 3.82. The van der Waals surface area contributed by atoms with E-state index in [4.69, 9.17) is 5.73 Å². The fraction of sp³-hybridized carbons (Fsp3) is 0.0385. The normalized spacial score (nSPS) is 11.0. The Kier molecular flexibility index (Phi) is 4.56. The maximum atomic E-state index is 12.8. The maximum Gasteiger partial charge on any atom is 0.255 e. The Morgan fingerprint density at radius 2 is 1.71 bits per heavy atom. The molecule has 2 heterocycles. The van der Waals surface area contributed by atoms with Crippen LogP contribution in [0.4, 0.5) is 11.4 Å². The molecule has 0 spiro atoms. The Morgan fingerprint density at radius 3 is 2.55 bits per heavy atom. The molecule has 0 aliphatic heterocycles. The smallest absolute Gasteiger partial charge is 0.255 e. The number of nitrogens with zero attached hydrogens (tertiary/aromatic N) is 2. The van der Waals surface area contributed by atoms with Gasteiger partial charge in [0, 0.05) is 51.4 Å². The molecule has 3 N–H and O–H groups in total. The highest BCUT2D eigenvalue weighted by atomic mass is 16.1. The Labute approximate surface area is 179 Å². The molecule has 0 aliphatic rings. The van der Waals surface area contributed by atoms with Gasteiger partial charge in [0.15, 0.2) is 0 Å². The molecule has 2 aromatic heterocycles. The summed E-state index contributed by atoms with van der Waals surface area (Å²) in [6.45, 7) is 1.91. The molecule has 0 radical (unpaired) electrons. The van der Waals surface area contributed by atoms with E-state index in [1.807, 2.05) is 86.0 Å². The van der Waals surface area contributed by atoms with Gasteiger partial charge in [0.2, 0.25) is 0 Å². The second-order valence-corrected chi connectivity index (χ2v) is 7.52. The van der Waals surface area contributed by atoms with Crippen molar-refractivity contribution in [3.8, 4) is 11.1 Å². The molecule has 0 saturated carbocycles.